The van der Waals surface area contributed by atoms with Gasteiger partial charge >= 0.3 is 0 Å². The summed E-state index contributed by atoms with van der Waals surface area (Å²) in [6.45, 7) is 1.83. The molecule has 1 aromatic carbocycles. The molecule has 1 heterocycles. The SMILES string of the molecule is Cc1cc(F)cc(-c2cc(N)c(C#N)s2)c1. The van der Waals surface area contributed by atoms with Crippen molar-refractivity contribution in [1.29, 1.82) is 5.26 Å². The standard InChI is InChI=1S/C12H9FN2S/c1-7-2-8(4-9(13)3-7)11-5-10(15)12(6-14)16-11/h2-5H,15H2,1H3. The normalized spacial score (nSPS) is 10.1. The molecule has 0 unspecified atom stereocenters. The maximum atomic E-state index is 13.2. The van der Waals surface area contributed by atoms with E-state index < -0.39 is 0 Å². The van der Waals surface area contributed by atoms with Gasteiger partial charge in [0.1, 0.15) is 16.8 Å². The number of halogens is 1. The van der Waals surface area contributed by atoms with Crippen LogP contribution in [0, 0.1) is 24.1 Å². The monoisotopic (exact) mass is 232 g/mol. The molecule has 16 heavy (non-hydrogen) atoms. The van der Waals surface area contributed by atoms with Crippen LogP contribution in [0.5, 0.6) is 0 Å². The average Bonchev–Trinajstić information content (AvgIpc) is 2.58. The summed E-state index contributed by atoms with van der Waals surface area (Å²) in [6, 6.07) is 8.50. The molecule has 0 saturated carbocycles. The van der Waals surface area contributed by atoms with Gasteiger partial charge in [-0.3, -0.25) is 0 Å². The number of nitrogens with zero attached hydrogens (tertiary/aromatic N) is 1. The van der Waals surface area contributed by atoms with Crippen LogP contribution in [0.15, 0.2) is 24.3 Å². The molecule has 0 atom stereocenters. The Morgan fingerprint density at radius 3 is 2.62 bits per heavy atom. The van der Waals surface area contributed by atoms with Crippen LogP contribution in [0.3, 0.4) is 0 Å². The predicted octanol–water partition coefficient (Wildman–Crippen LogP) is 3.32. The van der Waals surface area contributed by atoms with Gasteiger partial charge < -0.3 is 5.73 Å². The molecule has 0 radical (unpaired) electrons. The highest BCUT2D eigenvalue weighted by Crippen LogP contribution is 2.33. The van der Waals surface area contributed by atoms with E-state index in [1.165, 1.54) is 23.5 Å². The van der Waals surface area contributed by atoms with Crippen LogP contribution in [0.4, 0.5) is 10.1 Å². The van der Waals surface area contributed by atoms with E-state index in [1.54, 1.807) is 6.07 Å². The Kier molecular flexibility index (Phi) is 2.63. The quantitative estimate of drug-likeness (QED) is 0.820. The second-order valence-corrected chi connectivity index (χ2v) is 4.58. The van der Waals surface area contributed by atoms with Gasteiger partial charge in [0, 0.05) is 4.88 Å². The Hall–Kier alpha value is -1.86. The van der Waals surface area contributed by atoms with Crippen LogP contribution < -0.4 is 5.73 Å². The fraction of sp³-hybridized carbons (Fsp3) is 0.0833. The summed E-state index contributed by atoms with van der Waals surface area (Å²) in [4.78, 5) is 1.29. The third-order valence-electron chi connectivity index (χ3n) is 2.19. The molecular weight excluding hydrogens is 223 g/mol. The van der Waals surface area contributed by atoms with Crippen molar-refractivity contribution in [2.75, 3.05) is 5.73 Å². The lowest BCUT2D eigenvalue weighted by molar-refractivity contribution is 0.627. The molecule has 0 spiro atoms. The van der Waals surface area contributed by atoms with E-state index in [-0.39, 0.29) is 5.82 Å². The lowest BCUT2D eigenvalue weighted by Gasteiger charge is -1.99. The minimum Gasteiger partial charge on any atom is -0.397 e. The molecule has 1 aromatic heterocycles. The van der Waals surface area contributed by atoms with Crippen LogP contribution in [0.1, 0.15) is 10.4 Å². The van der Waals surface area contributed by atoms with Crippen LogP contribution in [0.2, 0.25) is 0 Å². The van der Waals surface area contributed by atoms with Crippen LogP contribution in [0.25, 0.3) is 10.4 Å². The third kappa shape index (κ3) is 1.90. The van der Waals surface area contributed by atoms with Gasteiger partial charge in [0.05, 0.1) is 5.69 Å². The van der Waals surface area contributed by atoms with Gasteiger partial charge in [0.25, 0.3) is 0 Å². The summed E-state index contributed by atoms with van der Waals surface area (Å²) >= 11 is 1.28. The van der Waals surface area contributed by atoms with Gasteiger partial charge in [-0.1, -0.05) is 6.07 Å². The first-order valence-corrected chi connectivity index (χ1v) is 5.49. The van der Waals surface area contributed by atoms with Crippen molar-refractivity contribution in [2.24, 2.45) is 0 Å². The first-order valence-electron chi connectivity index (χ1n) is 4.67. The molecule has 4 heteroatoms. The van der Waals surface area contributed by atoms with E-state index in [1.807, 2.05) is 19.1 Å². The molecule has 2 aromatic rings. The molecule has 0 bridgehead atoms. The maximum Gasteiger partial charge on any atom is 0.128 e. The van der Waals surface area contributed by atoms with E-state index in [4.69, 9.17) is 11.0 Å². The number of hydrogen-bond acceptors (Lipinski definition) is 3. The summed E-state index contributed by atoms with van der Waals surface area (Å²) in [5, 5.41) is 8.79. The Morgan fingerprint density at radius 1 is 1.31 bits per heavy atom. The van der Waals surface area contributed by atoms with Gasteiger partial charge in [0.15, 0.2) is 0 Å². The third-order valence-corrected chi connectivity index (χ3v) is 3.29. The molecular formula is C12H9FN2S. The molecule has 2 nitrogen and oxygen atoms in total. The molecule has 80 valence electrons. The maximum absolute atomic E-state index is 13.2. The van der Waals surface area contributed by atoms with Gasteiger partial charge in [-0.2, -0.15) is 5.26 Å². The fourth-order valence-electron chi connectivity index (χ4n) is 1.51. The topological polar surface area (TPSA) is 49.8 Å². The van der Waals surface area contributed by atoms with Gasteiger partial charge in [-0.25, -0.2) is 4.39 Å². The molecule has 0 amide bonds. The molecule has 0 aliphatic rings. The zero-order chi connectivity index (χ0) is 11.7. The van der Waals surface area contributed by atoms with E-state index >= 15 is 0 Å². The Labute approximate surface area is 96.8 Å². The number of thiophene rings is 1. The summed E-state index contributed by atoms with van der Waals surface area (Å²) < 4.78 is 13.2. The van der Waals surface area contributed by atoms with Gasteiger partial charge in [-0.05, 0) is 36.2 Å². The van der Waals surface area contributed by atoms with Crippen molar-refractivity contribution in [2.45, 2.75) is 6.92 Å². The summed E-state index contributed by atoms with van der Waals surface area (Å²) in [7, 11) is 0. The Balaban J connectivity index is 2.55. The summed E-state index contributed by atoms with van der Waals surface area (Å²) in [6.07, 6.45) is 0. The van der Waals surface area contributed by atoms with E-state index in [0.29, 0.717) is 10.6 Å². The molecule has 0 aliphatic heterocycles. The Bertz CT molecular complexity index is 561. The molecule has 2 N–H and O–H groups in total. The average molecular weight is 232 g/mol. The number of rotatable bonds is 1. The number of benzene rings is 1. The van der Waals surface area contributed by atoms with Crippen molar-refractivity contribution >= 4 is 17.0 Å². The second-order valence-electron chi connectivity index (χ2n) is 3.52. The number of nitriles is 1. The molecule has 0 saturated heterocycles. The Morgan fingerprint density at radius 2 is 2.06 bits per heavy atom. The first kappa shape index (κ1) is 10.7. The van der Waals surface area contributed by atoms with Crippen molar-refractivity contribution in [3.8, 4) is 16.5 Å². The van der Waals surface area contributed by atoms with E-state index in [9.17, 15) is 4.39 Å². The smallest absolute Gasteiger partial charge is 0.128 e. The first-order chi connectivity index (χ1) is 7.60. The second kappa shape index (κ2) is 3.95. The van der Waals surface area contributed by atoms with Crippen molar-refractivity contribution in [3.63, 3.8) is 0 Å². The summed E-state index contributed by atoms with van der Waals surface area (Å²) in [5.41, 5.74) is 7.72. The van der Waals surface area contributed by atoms with E-state index in [0.717, 1.165) is 16.0 Å². The van der Waals surface area contributed by atoms with Crippen LogP contribution >= 0.6 is 11.3 Å². The minimum absolute atomic E-state index is 0.277. The van der Waals surface area contributed by atoms with Gasteiger partial charge in [0.2, 0.25) is 0 Å². The molecule has 2 rings (SSSR count). The predicted molar refractivity (Wildman–Crippen MR) is 63.6 cm³/mol. The fourth-order valence-corrected chi connectivity index (χ4v) is 2.38. The number of nitrogens with two attached hydrogens (primary N) is 1. The zero-order valence-corrected chi connectivity index (χ0v) is 9.44. The largest absolute Gasteiger partial charge is 0.397 e. The number of nitrogen functional groups attached to an aromatic ring is 1. The number of anilines is 1. The van der Waals surface area contributed by atoms with Crippen LogP contribution in [-0.2, 0) is 0 Å². The number of hydrogen-bond donors (Lipinski definition) is 1. The lowest BCUT2D eigenvalue weighted by Crippen LogP contribution is -1.82. The highest BCUT2D eigenvalue weighted by atomic mass is 32.1. The number of aryl methyl sites for hydroxylation is 1. The van der Waals surface area contributed by atoms with Crippen molar-refractivity contribution in [1.82, 2.24) is 0 Å². The van der Waals surface area contributed by atoms with Crippen molar-refractivity contribution in [3.05, 3.63) is 40.5 Å². The highest BCUT2D eigenvalue weighted by molar-refractivity contribution is 7.16. The zero-order valence-electron chi connectivity index (χ0n) is 8.62. The minimum atomic E-state index is -0.277. The molecule has 0 aliphatic carbocycles. The highest BCUT2D eigenvalue weighted by Gasteiger charge is 2.08. The van der Waals surface area contributed by atoms with Gasteiger partial charge in [-0.15, -0.1) is 11.3 Å². The van der Waals surface area contributed by atoms with E-state index in [2.05, 4.69) is 0 Å². The molecule has 0 fully saturated rings. The van der Waals surface area contributed by atoms with Crippen molar-refractivity contribution < 1.29 is 4.39 Å². The summed E-state index contributed by atoms with van der Waals surface area (Å²) in [5.74, 6) is -0.277. The lowest BCUT2D eigenvalue weighted by atomic mass is 10.1. The van der Waals surface area contributed by atoms with Crippen LogP contribution in [-0.4, -0.2) is 0 Å².